The normalized spacial score (nSPS) is 21.0. The smallest absolute Gasteiger partial charge is 0.243 e. The van der Waals surface area contributed by atoms with Crippen molar-refractivity contribution in [3.05, 3.63) is 0 Å². The molecule has 0 aromatic heterocycles. The molecule has 1 N–H and O–H groups in total. The van der Waals surface area contributed by atoms with Crippen LogP contribution in [0.15, 0.2) is 4.99 Å². The molecule has 8 nitrogen and oxygen atoms in total. The first kappa shape index (κ1) is 26.2. The van der Waals surface area contributed by atoms with Gasteiger partial charge in [0.25, 0.3) is 0 Å². The molecule has 3 aliphatic rings. The highest BCUT2D eigenvalue weighted by molar-refractivity contribution is 14.0. The van der Waals surface area contributed by atoms with Gasteiger partial charge in [0.05, 0.1) is 6.54 Å². The average Bonchev–Trinajstić information content (AvgIpc) is 3.30. The molecule has 3 rings (SSSR count). The van der Waals surface area contributed by atoms with E-state index in [1.165, 1.54) is 32.1 Å². The predicted molar refractivity (Wildman–Crippen MR) is 135 cm³/mol. The number of amides is 2. The molecule has 0 unspecified atom stereocenters. The Morgan fingerprint density at radius 1 is 0.903 bits per heavy atom. The van der Waals surface area contributed by atoms with Gasteiger partial charge < -0.3 is 20.0 Å². The number of nitrogens with one attached hydrogen (secondary N) is 1. The number of piperazine rings is 1. The van der Waals surface area contributed by atoms with Crippen LogP contribution < -0.4 is 5.32 Å². The molecule has 2 aliphatic heterocycles. The minimum atomic E-state index is 0. The van der Waals surface area contributed by atoms with E-state index in [4.69, 9.17) is 0 Å². The molecule has 0 radical (unpaired) electrons. The molecule has 0 atom stereocenters. The quantitative estimate of drug-likeness (QED) is 0.309. The molecule has 0 spiro atoms. The van der Waals surface area contributed by atoms with E-state index in [9.17, 15) is 9.59 Å². The summed E-state index contributed by atoms with van der Waals surface area (Å²) in [4.78, 5) is 37.2. The summed E-state index contributed by atoms with van der Waals surface area (Å²) < 4.78 is 0. The van der Waals surface area contributed by atoms with E-state index < -0.39 is 0 Å². The topological polar surface area (TPSA) is 71.5 Å². The Morgan fingerprint density at radius 2 is 1.55 bits per heavy atom. The van der Waals surface area contributed by atoms with Gasteiger partial charge in [-0.25, -0.2) is 4.99 Å². The van der Waals surface area contributed by atoms with Crippen molar-refractivity contribution in [2.75, 3.05) is 73.0 Å². The predicted octanol–water partition coefficient (Wildman–Crippen LogP) is 1.46. The van der Waals surface area contributed by atoms with E-state index in [1.54, 1.807) is 19.0 Å². The molecule has 2 saturated heterocycles. The standard InChI is InChI=1S/C22H40N6O2.HI/c1-25(2)20(29)17-24-22(23-16-19-8-4-3-5-9-19)28-14-12-26(13-15-28)18-21(30)27-10-6-7-11-27;/h19H,3-18H2,1-2H3,(H,23,24);1H. The zero-order valence-corrected chi connectivity index (χ0v) is 21.7. The number of aliphatic imine (C=N–C) groups is 1. The first-order valence-electron chi connectivity index (χ1n) is 11.8. The summed E-state index contributed by atoms with van der Waals surface area (Å²) in [6.45, 7) is 6.84. The molecular weight excluding hydrogens is 507 g/mol. The monoisotopic (exact) mass is 548 g/mol. The maximum Gasteiger partial charge on any atom is 0.243 e. The number of carbonyl (C=O) groups is 2. The Hall–Kier alpha value is -1.10. The van der Waals surface area contributed by atoms with Crippen molar-refractivity contribution < 1.29 is 9.59 Å². The van der Waals surface area contributed by atoms with Gasteiger partial charge in [-0.2, -0.15) is 0 Å². The van der Waals surface area contributed by atoms with Gasteiger partial charge in [-0.15, -0.1) is 24.0 Å². The van der Waals surface area contributed by atoms with Crippen LogP contribution in [0.4, 0.5) is 0 Å². The molecule has 2 heterocycles. The molecule has 31 heavy (non-hydrogen) atoms. The summed E-state index contributed by atoms with van der Waals surface area (Å²) >= 11 is 0. The van der Waals surface area contributed by atoms with Gasteiger partial charge >= 0.3 is 0 Å². The molecular formula is C22H41IN6O2. The molecule has 2 amide bonds. The first-order chi connectivity index (χ1) is 14.5. The van der Waals surface area contributed by atoms with Gasteiger partial charge in [0.2, 0.25) is 11.8 Å². The summed E-state index contributed by atoms with van der Waals surface area (Å²) in [5.41, 5.74) is 0. The Bertz CT molecular complexity index is 595. The summed E-state index contributed by atoms with van der Waals surface area (Å²) in [6, 6.07) is 0. The third kappa shape index (κ3) is 8.40. The van der Waals surface area contributed by atoms with Crippen molar-refractivity contribution in [1.29, 1.82) is 0 Å². The molecule has 3 fully saturated rings. The van der Waals surface area contributed by atoms with Gasteiger partial charge in [-0.05, 0) is 31.6 Å². The minimum Gasteiger partial charge on any atom is -0.356 e. The maximum atomic E-state index is 12.4. The fourth-order valence-electron chi connectivity index (χ4n) is 4.55. The fourth-order valence-corrected chi connectivity index (χ4v) is 4.55. The van der Waals surface area contributed by atoms with Gasteiger partial charge in [0.1, 0.15) is 6.54 Å². The average molecular weight is 549 g/mol. The molecule has 1 aliphatic carbocycles. The molecule has 178 valence electrons. The second-order valence-electron chi connectivity index (χ2n) is 9.16. The van der Waals surface area contributed by atoms with Crippen molar-refractivity contribution >= 4 is 41.8 Å². The fraction of sp³-hybridized carbons (Fsp3) is 0.864. The van der Waals surface area contributed by atoms with Gasteiger partial charge in [-0.3, -0.25) is 14.5 Å². The summed E-state index contributed by atoms with van der Waals surface area (Å²) in [5, 5.41) is 3.57. The largest absolute Gasteiger partial charge is 0.356 e. The number of likely N-dealkylation sites (N-methyl/N-ethyl adjacent to an activating group) is 1. The SMILES string of the molecule is CN(C)C(=O)CN=C(NCC1CCCCC1)N1CCN(CC(=O)N2CCCC2)CC1.I. The maximum absolute atomic E-state index is 12.4. The van der Waals surface area contributed by atoms with Crippen LogP contribution >= 0.6 is 24.0 Å². The lowest BCUT2D eigenvalue weighted by molar-refractivity contribution is -0.131. The van der Waals surface area contributed by atoms with Gasteiger partial charge in [-0.1, -0.05) is 19.3 Å². The van der Waals surface area contributed by atoms with E-state index >= 15 is 0 Å². The van der Waals surface area contributed by atoms with Crippen LogP contribution in [0.5, 0.6) is 0 Å². The van der Waals surface area contributed by atoms with Crippen LogP contribution in [0.3, 0.4) is 0 Å². The lowest BCUT2D eigenvalue weighted by atomic mass is 9.89. The minimum absolute atomic E-state index is 0. The number of rotatable bonds is 6. The Balaban J connectivity index is 0.00000341. The number of carbonyl (C=O) groups excluding carboxylic acids is 2. The third-order valence-electron chi connectivity index (χ3n) is 6.63. The highest BCUT2D eigenvalue weighted by atomic mass is 127. The highest BCUT2D eigenvalue weighted by Gasteiger charge is 2.25. The lowest BCUT2D eigenvalue weighted by Crippen LogP contribution is -2.54. The van der Waals surface area contributed by atoms with Crippen LogP contribution in [0, 0.1) is 5.92 Å². The lowest BCUT2D eigenvalue weighted by Gasteiger charge is -2.37. The van der Waals surface area contributed by atoms with Gasteiger partial charge in [0.15, 0.2) is 5.96 Å². The summed E-state index contributed by atoms with van der Waals surface area (Å²) in [6.07, 6.45) is 8.83. The first-order valence-corrected chi connectivity index (χ1v) is 11.8. The molecule has 1 saturated carbocycles. The molecule has 0 bridgehead atoms. The van der Waals surface area contributed by atoms with E-state index in [2.05, 4.69) is 20.1 Å². The van der Waals surface area contributed by atoms with E-state index in [0.717, 1.165) is 64.6 Å². The Kier molecular flexibility index (Phi) is 11.3. The van der Waals surface area contributed by atoms with Crippen LogP contribution in [0.2, 0.25) is 0 Å². The second kappa shape index (κ2) is 13.4. The van der Waals surface area contributed by atoms with E-state index in [-0.39, 0.29) is 42.3 Å². The summed E-state index contributed by atoms with van der Waals surface area (Å²) in [7, 11) is 3.53. The van der Waals surface area contributed by atoms with Crippen molar-refractivity contribution in [1.82, 2.24) is 24.9 Å². The van der Waals surface area contributed by atoms with Crippen molar-refractivity contribution in [3.63, 3.8) is 0 Å². The Labute approximate surface area is 204 Å². The van der Waals surface area contributed by atoms with Crippen molar-refractivity contribution in [2.24, 2.45) is 10.9 Å². The van der Waals surface area contributed by atoms with E-state index in [1.807, 2.05) is 4.90 Å². The number of hydrogen-bond donors (Lipinski definition) is 1. The number of hydrogen-bond acceptors (Lipinski definition) is 4. The second-order valence-corrected chi connectivity index (χ2v) is 9.16. The molecule has 0 aromatic carbocycles. The van der Waals surface area contributed by atoms with Crippen LogP contribution in [0.25, 0.3) is 0 Å². The van der Waals surface area contributed by atoms with Crippen LogP contribution in [0.1, 0.15) is 44.9 Å². The van der Waals surface area contributed by atoms with Crippen molar-refractivity contribution in [2.45, 2.75) is 44.9 Å². The summed E-state index contributed by atoms with van der Waals surface area (Å²) in [5.74, 6) is 1.83. The van der Waals surface area contributed by atoms with Crippen LogP contribution in [-0.4, -0.2) is 110 Å². The Morgan fingerprint density at radius 3 is 2.16 bits per heavy atom. The van der Waals surface area contributed by atoms with E-state index in [0.29, 0.717) is 12.5 Å². The third-order valence-corrected chi connectivity index (χ3v) is 6.63. The van der Waals surface area contributed by atoms with Crippen LogP contribution in [-0.2, 0) is 9.59 Å². The molecule has 9 heteroatoms. The zero-order chi connectivity index (χ0) is 21.3. The van der Waals surface area contributed by atoms with Crippen molar-refractivity contribution in [3.8, 4) is 0 Å². The van der Waals surface area contributed by atoms with Gasteiger partial charge in [0, 0.05) is 59.9 Å². The molecule has 0 aromatic rings. The number of halogens is 1. The number of guanidine groups is 1. The zero-order valence-electron chi connectivity index (χ0n) is 19.4. The highest BCUT2D eigenvalue weighted by Crippen LogP contribution is 2.22. The number of nitrogens with zero attached hydrogens (tertiary/aromatic N) is 5. The number of likely N-dealkylation sites (tertiary alicyclic amines) is 1.